The second kappa shape index (κ2) is 7.11. The van der Waals surface area contributed by atoms with Crippen LogP contribution in [-0.2, 0) is 4.79 Å². The fourth-order valence-corrected chi connectivity index (χ4v) is 2.42. The molecule has 0 bridgehead atoms. The van der Waals surface area contributed by atoms with Crippen molar-refractivity contribution in [3.8, 4) is 11.8 Å². The number of rotatable bonds is 5. The number of pyridine rings is 1. The summed E-state index contributed by atoms with van der Waals surface area (Å²) in [6, 6.07) is 3.21. The van der Waals surface area contributed by atoms with Gasteiger partial charge in [0.25, 0.3) is 5.91 Å². The van der Waals surface area contributed by atoms with E-state index in [2.05, 4.69) is 4.98 Å². The first-order valence-corrected chi connectivity index (χ1v) is 7.33. The number of methoxy groups -OCH3 is 2. The Hall–Kier alpha value is -2.31. The molecule has 0 aromatic carbocycles. The molecule has 0 radical (unpaired) electrons. The molecule has 2 rings (SSSR count). The minimum Gasteiger partial charge on any atom is -0.481 e. The molecule has 1 aliphatic rings. The Morgan fingerprint density at radius 1 is 1.18 bits per heavy atom. The van der Waals surface area contributed by atoms with Gasteiger partial charge in [0.05, 0.1) is 14.2 Å². The van der Waals surface area contributed by atoms with Crippen LogP contribution in [0, 0.1) is 0 Å². The molecule has 7 heteroatoms. The van der Waals surface area contributed by atoms with Gasteiger partial charge in [-0.1, -0.05) is 6.92 Å². The van der Waals surface area contributed by atoms with Gasteiger partial charge in [0, 0.05) is 25.6 Å². The molecule has 2 heterocycles. The van der Waals surface area contributed by atoms with E-state index in [4.69, 9.17) is 9.47 Å². The number of carbonyl (C=O) groups is 2. The Kier molecular flexibility index (Phi) is 5.19. The second-order valence-corrected chi connectivity index (χ2v) is 4.96. The molecule has 0 N–H and O–H groups in total. The van der Waals surface area contributed by atoms with E-state index in [0.717, 1.165) is 12.8 Å². The van der Waals surface area contributed by atoms with Crippen molar-refractivity contribution in [3.63, 3.8) is 0 Å². The van der Waals surface area contributed by atoms with Gasteiger partial charge in [-0.05, 0) is 18.9 Å². The second-order valence-electron chi connectivity index (χ2n) is 4.96. The Morgan fingerprint density at radius 3 is 2.55 bits per heavy atom. The van der Waals surface area contributed by atoms with Crippen molar-refractivity contribution in [2.75, 3.05) is 27.3 Å². The molecule has 2 amide bonds. The van der Waals surface area contributed by atoms with E-state index in [0.29, 0.717) is 31.0 Å². The fourth-order valence-electron chi connectivity index (χ4n) is 2.42. The van der Waals surface area contributed by atoms with Crippen molar-refractivity contribution in [1.29, 1.82) is 0 Å². The number of hydrazine groups is 1. The van der Waals surface area contributed by atoms with Crippen LogP contribution in [0.2, 0.25) is 0 Å². The highest BCUT2D eigenvalue weighted by Crippen LogP contribution is 2.24. The van der Waals surface area contributed by atoms with Gasteiger partial charge in [-0.15, -0.1) is 0 Å². The summed E-state index contributed by atoms with van der Waals surface area (Å²) in [7, 11) is 2.94. The number of amides is 2. The van der Waals surface area contributed by atoms with E-state index in [1.54, 1.807) is 12.1 Å². The van der Waals surface area contributed by atoms with Crippen molar-refractivity contribution in [2.24, 2.45) is 0 Å². The topological polar surface area (TPSA) is 72.0 Å². The van der Waals surface area contributed by atoms with Crippen molar-refractivity contribution < 1.29 is 19.1 Å². The smallest absolute Gasteiger partial charge is 0.277 e. The van der Waals surface area contributed by atoms with E-state index in [1.807, 2.05) is 6.92 Å². The summed E-state index contributed by atoms with van der Waals surface area (Å²) in [5.74, 6) is 0.246. The van der Waals surface area contributed by atoms with Crippen LogP contribution in [-0.4, -0.2) is 54.1 Å². The maximum absolute atomic E-state index is 12.7. The van der Waals surface area contributed by atoms with Crippen LogP contribution < -0.4 is 9.47 Å². The zero-order chi connectivity index (χ0) is 16.1. The van der Waals surface area contributed by atoms with Gasteiger partial charge in [-0.25, -0.2) is 5.01 Å². The van der Waals surface area contributed by atoms with Gasteiger partial charge in [-0.2, -0.15) is 4.98 Å². The third kappa shape index (κ3) is 3.13. The Balaban J connectivity index is 2.25. The first kappa shape index (κ1) is 16.1. The van der Waals surface area contributed by atoms with E-state index in [1.165, 1.54) is 24.2 Å². The highest BCUT2D eigenvalue weighted by Gasteiger charge is 2.32. The van der Waals surface area contributed by atoms with Gasteiger partial charge in [0.15, 0.2) is 0 Å². The van der Waals surface area contributed by atoms with Gasteiger partial charge < -0.3 is 9.47 Å². The predicted octanol–water partition coefficient (Wildman–Crippen LogP) is 1.49. The third-order valence-electron chi connectivity index (χ3n) is 3.49. The van der Waals surface area contributed by atoms with Gasteiger partial charge in [0.1, 0.15) is 5.56 Å². The monoisotopic (exact) mass is 307 g/mol. The molecule has 1 fully saturated rings. The lowest BCUT2D eigenvalue weighted by Crippen LogP contribution is -2.44. The van der Waals surface area contributed by atoms with E-state index in [9.17, 15) is 9.59 Å². The number of hydrogen-bond donors (Lipinski definition) is 0. The molecule has 0 spiro atoms. The number of aromatic nitrogens is 1. The van der Waals surface area contributed by atoms with Gasteiger partial charge >= 0.3 is 0 Å². The summed E-state index contributed by atoms with van der Waals surface area (Å²) in [5.41, 5.74) is 0.319. The maximum atomic E-state index is 12.7. The average Bonchev–Trinajstić information content (AvgIpc) is 3.03. The predicted molar refractivity (Wildman–Crippen MR) is 79.6 cm³/mol. The number of ether oxygens (including phenoxy) is 2. The molecule has 0 unspecified atom stereocenters. The van der Waals surface area contributed by atoms with E-state index in [-0.39, 0.29) is 17.7 Å². The van der Waals surface area contributed by atoms with Gasteiger partial charge in [-0.3, -0.25) is 14.6 Å². The van der Waals surface area contributed by atoms with Crippen molar-refractivity contribution in [1.82, 2.24) is 15.0 Å². The van der Waals surface area contributed by atoms with Crippen molar-refractivity contribution in [2.45, 2.75) is 26.2 Å². The van der Waals surface area contributed by atoms with Crippen LogP contribution in [0.25, 0.3) is 0 Å². The lowest BCUT2D eigenvalue weighted by atomic mass is 10.2. The fraction of sp³-hybridized carbons (Fsp3) is 0.533. The molecule has 1 saturated heterocycles. The SMILES string of the molecule is CCCC(=O)N1CCCN1C(=O)c1ccc(OC)nc1OC. The summed E-state index contributed by atoms with van der Waals surface area (Å²) in [4.78, 5) is 28.9. The highest BCUT2D eigenvalue weighted by molar-refractivity contribution is 5.97. The highest BCUT2D eigenvalue weighted by atomic mass is 16.5. The molecule has 0 saturated carbocycles. The summed E-state index contributed by atoms with van der Waals surface area (Å²) >= 11 is 0. The molecule has 0 atom stereocenters. The van der Waals surface area contributed by atoms with Crippen molar-refractivity contribution >= 4 is 11.8 Å². The summed E-state index contributed by atoms with van der Waals surface area (Å²) in [6.45, 7) is 3.02. The molecule has 22 heavy (non-hydrogen) atoms. The lowest BCUT2D eigenvalue weighted by molar-refractivity contribution is -0.140. The molecule has 0 aliphatic carbocycles. The number of hydrogen-bond acceptors (Lipinski definition) is 5. The molecule has 7 nitrogen and oxygen atoms in total. The molecular formula is C15H21N3O4. The van der Waals surface area contributed by atoms with Crippen LogP contribution in [0.5, 0.6) is 11.8 Å². The molecular weight excluding hydrogens is 286 g/mol. The first-order chi connectivity index (χ1) is 10.6. The number of carbonyl (C=O) groups excluding carboxylic acids is 2. The van der Waals surface area contributed by atoms with Crippen molar-refractivity contribution in [3.05, 3.63) is 17.7 Å². The largest absolute Gasteiger partial charge is 0.481 e. The Bertz CT molecular complexity index is 562. The minimum absolute atomic E-state index is 0.0335. The van der Waals surface area contributed by atoms with Crippen LogP contribution in [0.15, 0.2) is 12.1 Å². The quantitative estimate of drug-likeness (QED) is 0.824. The van der Waals surface area contributed by atoms with E-state index >= 15 is 0 Å². The summed E-state index contributed by atoms with van der Waals surface area (Å²) < 4.78 is 10.2. The molecule has 1 aromatic rings. The van der Waals surface area contributed by atoms with E-state index < -0.39 is 0 Å². The van der Waals surface area contributed by atoms with Gasteiger partial charge in [0.2, 0.25) is 17.7 Å². The third-order valence-corrected chi connectivity index (χ3v) is 3.49. The Morgan fingerprint density at radius 2 is 1.91 bits per heavy atom. The minimum atomic E-state index is -0.283. The zero-order valence-electron chi connectivity index (χ0n) is 13.2. The van der Waals surface area contributed by atoms with Crippen LogP contribution in [0.3, 0.4) is 0 Å². The standard InChI is InChI=1S/C15H21N3O4/c1-4-6-13(19)17-9-5-10-18(17)15(20)11-7-8-12(21-2)16-14(11)22-3/h7-8H,4-6,9-10H2,1-3H3. The number of nitrogens with zero attached hydrogens (tertiary/aromatic N) is 3. The lowest BCUT2D eigenvalue weighted by Gasteiger charge is -2.28. The van der Waals surface area contributed by atoms with Crippen LogP contribution in [0.1, 0.15) is 36.5 Å². The molecule has 120 valence electrons. The Labute approximate surface area is 129 Å². The van der Waals surface area contributed by atoms with Crippen LogP contribution in [0.4, 0.5) is 0 Å². The first-order valence-electron chi connectivity index (χ1n) is 7.33. The zero-order valence-corrected chi connectivity index (χ0v) is 13.2. The molecule has 1 aliphatic heterocycles. The summed E-state index contributed by atoms with van der Waals surface area (Å²) in [6.07, 6.45) is 1.96. The maximum Gasteiger partial charge on any atom is 0.277 e. The average molecular weight is 307 g/mol. The van der Waals surface area contributed by atoms with Crippen LogP contribution >= 0.6 is 0 Å². The summed E-state index contributed by atoms with van der Waals surface area (Å²) in [5, 5.41) is 3.00. The normalized spacial score (nSPS) is 14.1. The molecule has 1 aromatic heterocycles.